The van der Waals surface area contributed by atoms with E-state index in [0.29, 0.717) is 5.92 Å². The molecule has 2 heterocycles. The zero-order chi connectivity index (χ0) is 17.1. The Morgan fingerprint density at radius 1 is 1.25 bits per heavy atom. The molecule has 0 amide bonds. The van der Waals surface area contributed by atoms with Crippen molar-refractivity contribution in [3.63, 3.8) is 0 Å². The van der Waals surface area contributed by atoms with Gasteiger partial charge in [0, 0.05) is 54.9 Å². The largest absolute Gasteiger partial charge is 0.371 e. The number of aryl methyl sites for hydroxylation is 1. The van der Waals surface area contributed by atoms with Crippen molar-refractivity contribution in [2.75, 3.05) is 31.6 Å². The predicted octanol–water partition coefficient (Wildman–Crippen LogP) is 2.95. The van der Waals surface area contributed by atoms with E-state index in [-0.39, 0.29) is 5.43 Å². The summed E-state index contributed by atoms with van der Waals surface area (Å²) in [5.41, 5.74) is 4.15. The van der Waals surface area contributed by atoms with Gasteiger partial charge in [-0.25, -0.2) is 0 Å². The average Bonchev–Trinajstić information content (AvgIpc) is 3.04. The first-order valence-corrected chi connectivity index (χ1v) is 8.71. The molecule has 2 aromatic rings. The Morgan fingerprint density at radius 2 is 2.00 bits per heavy atom. The second kappa shape index (κ2) is 7.22. The van der Waals surface area contributed by atoms with Crippen LogP contribution in [0, 0.1) is 19.8 Å². The summed E-state index contributed by atoms with van der Waals surface area (Å²) in [5.74, 6) is 0.674. The third-order valence-corrected chi connectivity index (χ3v) is 5.02. The van der Waals surface area contributed by atoms with Gasteiger partial charge in [0.25, 0.3) is 0 Å². The van der Waals surface area contributed by atoms with Crippen molar-refractivity contribution in [3.05, 3.63) is 63.6 Å². The molecule has 1 N–H and O–H groups in total. The third kappa shape index (κ3) is 3.70. The summed E-state index contributed by atoms with van der Waals surface area (Å²) in [6.45, 7) is 7.86. The highest BCUT2D eigenvalue weighted by atomic mass is 16.1. The number of anilines is 1. The number of rotatable bonds is 5. The fourth-order valence-corrected chi connectivity index (χ4v) is 3.60. The smallest absolute Gasteiger partial charge is 0.187 e. The summed E-state index contributed by atoms with van der Waals surface area (Å²) in [7, 11) is 2.14. The monoisotopic (exact) mass is 325 g/mol. The number of hydrogen-bond acceptors (Lipinski definition) is 3. The number of para-hydroxylation sites is 1. The van der Waals surface area contributed by atoms with Gasteiger partial charge >= 0.3 is 0 Å². The number of aromatic nitrogens is 1. The summed E-state index contributed by atoms with van der Waals surface area (Å²) in [4.78, 5) is 20.2. The molecule has 0 saturated carbocycles. The molecular formula is C20H27N3O. The van der Waals surface area contributed by atoms with E-state index in [0.717, 1.165) is 43.0 Å². The molecular weight excluding hydrogens is 298 g/mol. The van der Waals surface area contributed by atoms with Crippen LogP contribution in [0.1, 0.15) is 23.2 Å². The lowest BCUT2D eigenvalue weighted by atomic mass is 10.1. The Labute approximate surface area is 144 Å². The standard InChI is InChI=1S/C20H27N3O/c1-15-11-21-19(16(2)20(15)24)14-22(3)12-17-9-10-23(13-17)18-7-5-4-6-8-18/h4-8,11,17H,9-10,12-14H2,1-3H3,(H,21,24). The number of nitrogens with one attached hydrogen (secondary N) is 1. The van der Waals surface area contributed by atoms with Gasteiger partial charge in [-0.05, 0) is 45.4 Å². The first kappa shape index (κ1) is 16.8. The zero-order valence-corrected chi connectivity index (χ0v) is 14.9. The molecule has 0 aliphatic carbocycles. The number of pyridine rings is 1. The molecule has 0 radical (unpaired) electrons. The topological polar surface area (TPSA) is 39.3 Å². The van der Waals surface area contributed by atoms with Gasteiger partial charge in [-0.2, -0.15) is 0 Å². The van der Waals surface area contributed by atoms with Crippen LogP contribution in [0.3, 0.4) is 0 Å². The summed E-state index contributed by atoms with van der Waals surface area (Å²) >= 11 is 0. The minimum Gasteiger partial charge on any atom is -0.371 e. The Morgan fingerprint density at radius 3 is 2.75 bits per heavy atom. The molecule has 128 valence electrons. The maximum absolute atomic E-state index is 12.1. The van der Waals surface area contributed by atoms with Gasteiger partial charge in [-0.3, -0.25) is 4.79 Å². The van der Waals surface area contributed by atoms with E-state index < -0.39 is 0 Å². The number of nitrogens with zero attached hydrogens (tertiary/aromatic N) is 2. The summed E-state index contributed by atoms with van der Waals surface area (Å²) < 4.78 is 0. The van der Waals surface area contributed by atoms with Crippen LogP contribution in [-0.2, 0) is 6.54 Å². The van der Waals surface area contributed by atoms with Crippen LogP contribution >= 0.6 is 0 Å². The van der Waals surface area contributed by atoms with E-state index in [1.54, 1.807) is 0 Å². The fourth-order valence-electron chi connectivity index (χ4n) is 3.60. The van der Waals surface area contributed by atoms with E-state index in [2.05, 4.69) is 52.2 Å². The molecule has 24 heavy (non-hydrogen) atoms. The quantitative estimate of drug-likeness (QED) is 0.919. The molecule has 0 spiro atoms. The minimum absolute atomic E-state index is 0.160. The van der Waals surface area contributed by atoms with E-state index >= 15 is 0 Å². The molecule has 1 aliphatic heterocycles. The molecule has 1 fully saturated rings. The normalized spacial score (nSPS) is 17.7. The van der Waals surface area contributed by atoms with Crippen molar-refractivity contribution in [1.82, 2.24) is 9.88 Å². The van der Waals surface area contributed by atoms with Crippen LogP contribution in [0.2, 0.25) is 0 Å². The summed E-state index contributed by atoms with van der Waals surface area (Å²) in [5, 5.41) is 0. The van der Waals surface area contributed by atoms with Crippen molar-refractivity contribution in [2.24, 2.45) is 5.92 Å². The van der Waals surface area contributed by atoms with Crippen LogP contribution < -0.4 is 10.3 Å². The lowest BCUT2D eigenvalue weighted by molar-refractivity contribution is 0.276. The molecule has 1 aromatic heterocycles. The molecule has 1 aromatic carbocycles. The maximum atomic E-state index is 12.1. The van der Waals surface area contributed by atoms with E-state index in [4.69, 9.17) is 0 Å². The van der Waals surface area contributed by atoms with Crippen LogP contribution in [0.15, 0.2) is 41.3 Å². The molecule has 4 heteroatoms. The molecule has 3 rings (SSSR count). The van der Waals surface area contributed by atoms with E-state index in [1.807, 2.05) is 20.0 Å². The first-order valence-electron chi connectivity index (χ1n) is 8.71. The lowest BCUT2D eigenvalue weighted by Crippen LogP contribution is -2.29. The maximum Gasteiger partial charge on any atom is 0.187 e. The second-order valence-corrected chi connectivity index (χ2v) is 7.04. The van der Waals surface area contributed by atoms with E-state index in [9.17, 15) is 4.79 Å². The molecule has 1 unspecified atom stereocenters. The Bertz CT molecular complexity index is 738. The van der Waals surface area contributed by atoms with Gasteiger partial charge in [0.15, 0.2) is 5.43 Å². The summed E-state index contributed by atoms with van der Waals surface area (Å²) in [6, 6.07) is 10.6. The highest BCUT2D eigenvalue weighted by Gasteiger charge is 2.24. The van der Waals surface area contributed by atoms with Crippen LogP contribution in [-0.4, -0.2) is 36.6 Å². The SMILES string of the molecule is Cc1c[nH]c(CN(C)CC2CCN(c3ccccc3)C2)c(C)c1=O. The number of aromatic amines is 1. The van der Waals surface area contributed by atoms with Crippen LogP contribution in [0.4, 0.5) is 5.69 Å². The van der Waals surface area contributed by atoms with Crippen molar-refractivity contribution < 1.29 is 0 Å². The number of benzene rings is 1. The zero-order valence-electron chi connectivity index (χ0n) is 14.9. The third-order valence-electron chi connectivity index (χ3n) is 5.02. The summed E-state index contributed by atoms with van der Waals surface area (Å²) in [6.07, 6.45) is 3.05. The molecule has 0 bridgehead atoms. The van der Waals surface area contributed by atoms with Gasteiger partial charge in [0.1, 0.15) is 0 Å². The number of H-pyrrole nitrogens is 1. The Balaban J connectivity index is 1.57. The van der Waals surface area contributed by atoms with Crippen molar-refractivity contribution in [3.8, 4) is 0 Å². The van der Waals surface area contributed by atoms with Gasteiger partial charge < -0.3 is 14.8 Å². The Kier molecular flexibility index (Phi) is 5.05. The van der Waals surface area contributed by atoms with Crippen molar-refractivity contribution in [2.45, 2.75) is 26.8 Å². The lowest BCUT2D eigenvalue weighted by Gasteiger charge is -2.23. The van der Waals surface area contributed by atoms with Crippen molar-refractivity contribution in [1.29, 1.82) is 0 Å². The van der Waals surface area contributed by atoms with Gasteiger partial charge in [0.2, 0.25) is 0 Å². The number of hydrogen-bond donors (Lipinski definition) is 1. The van der Waals surface area contributed by atoms with Gasteiger partial charge in [-0.1, -0.05) is 18.2 Å². The highest BCUT2D eigenvalue weighted by molar-refractivity contribution is 5.46. The van der Waals surface area contributed by atoms with Crippen LogP contribution in [0.5, 0.6) is 0 Å². The average molecular weight is 325 g/mol. The van der Waals surface area contributed by atoms with Gasteiger partial charge in [-0.15, -0.1) is 0 Å². The second-order valence-electron chi connectivity index (χ2n) is 7.04. The van der Waals surface area contributed by atoms with E-state index in [1.165, 1.54) is 12.1 Å². The predicted molar refractivity (Wildman–Crippen MR) is 99.6 cm³/mol. The van der Waals surface area contributed by atoms with Crippen molar-refractivity contribution >= 4 is 5.69 Å². The Hall–Kier alpha value is -2.07. The molecule has 1 atom stereocenters. The highest BCUT2D eigenvalue weighted by Crippen LogP contribution is 2.24. The molecule has 1 aliphatic rings. The molecule has 1 saturated heterocycles. The minimum atomic E-state index is 0.160. The molecule has 4 nitrogen and oxygen atoms in total. The fraction of sp³-hybridized carbons (Fsp3) is 0.450. The van der Waals surface area contributed by atoms with Crippen LogP contribution in [0.25, 0.3) is 0 Å². The first-order chi connectivity index (χ1) is 11.5. The van der Waals surface area contributed by atoms with Gasteiger partial charge in [0.05, 0.1) is 0 Å².